The molecule has 0 aromatic rings. The summed E-state index contributed by atoms with van der Waals surface area (Å²) < 4.78 is 0. The van der Waals surface area contributed by atoms with Crippen LogP contribution in [0, 0.1) is 5.92 Å². The van der Waals surface area contributed by atoms with Gasteiger partial charge in [-0.25, -0.2) is 0 Å². The van der Waals surface area contributed by atoms with E-state index >= 15 is 0 Å². The molecule has 0 aromatic heterocycles. The third kappa shape index (κ3) is 3.29. The van der Waals surface area contributed by atoms with E-state index < -0.39 is 11.5 Å². The maximum Gasteiger partial charge on any atom is 0.323 e. The van der Waals surface area contributed by atoms with Crippen LogP contribution < -0.4 is 5.32 Å². The summed E-state index contributed by atoms with van der Waals surface area (Å²) in [6.07, 6.45) is 5.05. The molecule has 1 aliphatic heterocycles. The van der Waals surface area contributed by atoms with Crippen molar-refractivity contribution in [2.75, 3.05) is 13.1 Å². The molecule has 4 nitrogen and oxygen atoms in total. The van der Waals surface area contributed by atoms with E-state index in [1.54, 1.807) is 0 Å². The second-order valence-electron chi connectivity index (χ2n) is 6.80. The summed E-state index contributed by atoms with van der Waals surface area (Å²) in [5.74, 6) is 0.157. The number of aliphatic carboxylic acids is 1. The Morgan fingerprint density at radius 2 is 1.95 bits per heavy atom. The first-order valence-corrected chi connectivity index (χ1v) is 7.68. The Balaban J connectivity index is 1.98. The monoisotopic (exact) mass is 268 g/mol. The average molecular weight is 268 g/mol. The zero-order valence-electron chi connectivity index (χ0n) is 12.5. The minimum atomic E-state index is -0.693. The molecule has 1 saturated heterocycles. The minimum absolute atomic E-state index is 0.219. The van der Waals surface area contributed by atoms with Crippen molar-refractivity contribution in [1.29, 1.82) is 0 Å². The Morgan fingerprint density at radius 1 is 1.32 bits per heavy atom. The molecule has 2 unspecified atom stereocenters. The first-order chi connectivity index (χ1) is 8.93. The highest BCUT2D eigenvalue weighted by Gasteiger charge is 2.47. The fourth-order valence-electron chi connectivity index (χ4n) is 3.66. The Kier molecular flexibility index (Phi) is 4.51. The molecule has 4 heteroatoms. The first kappa shape index (κ1) is 14.8. The van der Waals surface area contributed by atoms with E-state index in [0.717, 1.165) is 38.3 Å². The largest absolute Gasteiger partial charge is 0.480 e. The van der Waals surface area contributed by atoms with Crippen LogP contribution in [0.15, 0.2) is 0 Å². The molecular formula is C15H28N2O2. The maximum atomic E-state index is 11.7. The van der Waals surface area contributed by atoms with Gasteiger partial charge in [0.05, 0.1) is 0 Å². The molecule has 0 bridgehead atoms. The van der Waals surface area contributed by atoms with Gasteiger partial charge >= 0.3 is 5.97 Å². The second kappa shape index (κ2) is 5.80. The third-order valence-corrected chi connectivity index (χ3v) is 4.80. The second-order valence-corrected chi connectivity index (χ2v) is 6.80. The van der Waals surface area contributed by atoms with Crippen molar-refractivity contribution in [3.8, 4) is 0 Å². The predicted molar refractivity (Wildman–Crippen MR) is 76.2 cm³/mol. The van der Waals surface area contributed by atoms with E-state index in [2.05, 4.69) is 17.1 Å². The molecule has 2 aliphatic rings. The van der Waals surface area contributed by atoms with Gasteiger partial charge in [0.1, 0.15) is 5.54 Å². The van der Waals surface area contributed by atoms with E-state index in [1.807, 2.05) is 13.8 Å². The van der Waals surface area contributed by atoms with Gasteiger partial charge in [-0.15, -0.1) is 0 Å². The fourth-order valence-corrected chi connectivity index (χ4v) is 3.66. The lowest BCUT2D eigenvalue weighted by Gasteiger charge is -2.36. The Hall–Kier alpha value is -0.610. The average Bonchev–Trinajstić information content (AvgIpc) is 2.74. The van der Waals surface area contributed by atoms with Crippen LogP contribution in [0.1, 0.15) is 52.9 Å². The van der Waals surface area contributed by atoms with Crippen LogP contribution in [0.5, 0.6) is 0 Å². The van der Waals surface area contributed by atoms with Crippen LogP contribution in [-0.2, 0) is 4.79 Å². The SMILES string of the molecule is CC1CCN(C2CCC(NC(C)C)(C(=O)O)C2)CC1. The summed E-state index contributed by atoms with van der Waals surface area (Å²) in [4.78, 5) is 14.2. The molecule has 19 heavy (non-hydrogen) atoms. The van der Waals surface area contributed by atoms with Gasteiger partial charge in [0.15, 0.2) is 0 Å². The van der Waals surface area contributed by atoms with Gasteiger partial charge in [-0.05, 0) is 65.0 Å². The van der Waals surface area contributed by atoms with E-state index in [-0.39, 0.29) is 6.04 Å². The number of hydrogen-bond donors (Lipinski definition) is 2. The lowest BCUT2D eigenvalue weighted by Crippen LogP contribution is -2.54. The van der Waals surface area contributed by atoms with Crippen molar-refractivity contribution in [2.45, 2.75) is 70.5 Å². The normalized spacial score (nSPS) is 34.0. The molecule has 1 aliphatic carbocycles. The smallest absolute Gasteiger partial charge is 0.323 e. The van der Waals surface area contributed by atoms with Crippen molar-refractivity contribution < 1.29 is 9.90 Å². The van der Waals surface area contributed by atoms with Crippen molar-refractivity contribution in [1.82, 2.24) is 10.2 Å². The molecule has 2 fully saturated rings. The summed E-state index contributed by atoms with van der Waals surface area (Å²) >= 11 is 0. The van der Waals surface area contributed by atoms with Gasteiger partial charge in [0.2, 0.25) is 0 Å². The molecule has 110 valence electrons. The topological polar surface area (TPSA) is 52.6 Å². The number of carboxylic acid groups (broad SMARTS) is 1. The van der Waals surface area contributed by atoms with Crippen LogP contribution in [0.25, 0.3) is 0 Å². The predicted octanol–water partition coefficient (Wildman–Crippen LogP) is 2.09. The summed E-state index contributed by atoms with van der Waals surface area (Å²) in [6.45, 7) is 8.65. The lowest BCUT2D eigenvalue weighted by atomic mass is 9.94. The summed E-state index contributed by atoms with van der Waals surface area (Å²) in [5.41, 5.74) is -0.693. The lowest BCUT2D eigenvalue weighted by molar-refractivity contribution is -0.145. The quantitative estimate of drug-likeness (QED) is 0.820. The van der Waals surface area contributed by atoms with Crippen molar-refractivity contribution in [2.24, 2.45) is 5.92 Å². The van der Waals surface area contributed by atoms with E-state index in [4.69, 9.17) is 0 Å². The number of carboxylic acids is 1. The number of piperidine rings is 1. The summed E-state index contributed by atoms with van der Waals surface area (Å²) in [7, 11) is 0. The Bertz CT molecular complexity index is 324. The van der Waals surface area contributed by atoms with Crippen molar-refractivity contribution >= 4 is 5.97 Å². The Morgan fingerprint density at radius 3 is 2.47 bits per heavy atom. The molecule has 2 atom stereocenters. The number of nitrogens with zero attached hydrogens (tertiary/aromatic N) is 1. The van der Waals surface area contributed by atoms with Crippen LogP contribution in [-0.4, -0.2) is 46.7 Å². The van der Waals surface area contributed by atoms with Gasteiger partial charge in [0.25, 0.3) is 0 Å². The molecule has 1 saturated carbocycles. The maximum absolute atomic E-state index is 11.7. The zero-order valence-corrected chi connectivity index (χ0v) is 12.5. The van der Waals surface area contributed by atoms with Crippen LogP contribution in [0.4, 0.5) is 0 Å². The first-order valence-electron chi connectivity index (χ1n) is 7.68. The number of hydrogen-bond acceptors (Lipinski definition) is 3. The number of nitrogens with one attached hydrogen (secondary N) is 1. The van der Waals surface area contributed by atoms with Gasteiger partial charge in [-0.3, -0.25) is 10.1 Å². The molecule has 0 aromatic carbocycles. The standard InChI is InChI=1S/C15H28N2O2/c1-11(2)16-15(14(18)19)7-4-13(10-15)17-8-5-12(3)6-9-17/h11-13,16H,4-10H2,1-3H3,(H,18,19). The molecule has 2 N–H and O–H groups in total. The van der Waals surface area contributed by atoms with Gasteiger partial charge in [-0.1, -0.05) is 6.92 Å². The van der Waals surface area contributed by atoms with Gasteiger partial charge in [0, 0.05) is 12.1 Å². The molecular weight excluding hydrogens is 240 g/mol. The highest BCUT2D eigenvalue weighted by molar-refractivity contribution is 5.79. The van der Waals surface area contributed by atoms with Crippen LogP contribution >= 0.6 is 0 Å². The van der Waals surface area contributed by atoms with Gasteiger partial charge < -0.3 is 10.0 Å². The molecule has 2 rings (SSSR count). The fraction of sp³-hybridized carbons (Fsp3) is 0.933. The van der Waals surface area contributed by atoms with E-state index in [1.165, 1.54) is 12.8 Å². The van der Waals surface area contributed by atoms with Gasteiger partial charge in [-0.2, -0.15) is 0 Å². The highest BCUT2D eigenvalue weighted by Crippen LogP contribution is 2.35. The Labute approximate surface area is 116 Å². The van der Waals surface area contributed by atoms with Crippen molar-refractivity contribution in [3.05, 3.63) is 0 Å². The molecule has 0 amide bonds. The van der Waals surface area contributed by atoms with Crippen molar-refractivity contribution in [3.63, 3.8) is 0 Å². The summed E-state index contributed by atoms with van der Waals surface area (Å²) in [6, 6.07) is 0.672. The number of carbonyl (C=O) groups is 1. The molecule has 1 heterocycles. The third-order valence-electron chi connectivity index (χ3n) is 4.80. The molecule has 0 spiro atoms. The summed E-state index contributed by atoms with van der Waals surface area (Å²) in [5, 5.41) is 12.9. The van der Waals surface area contributed by atoms with Crippen LogP contribution in [0.3, 0.4) is 0 Å². The van der Waals surface area contributed by atoms with Crippen LogP contribution in [0.2, 0.25) is 0 Å². The highest BCUT2D eigenvalue weighted by atomic mass is 16.4. The zero-order chi connectivity index (χ0) is 14.0. The minimum Gasteiger partial charge on any atom is -0.480 e. The van der Waals surface area contributed by atoms with E-state index in [9.17, 15) is 9.90 Å². The number of likely N-dealkylation sites (tertiary alicyclic amines) is 1. The molecule has 0 radical (unpaired) electrons. The van der Waals surface area contributed by atoms with E-state index in [0.29, 0.717) is 6.04 Å². The number of rotatable bonds is 4.